The van der Waals surface area contributed by atoms with Gasteiger partial charge in [0.25, 0.3) is 0 Å². The van der Waals surface area contributed by atoms with Gasteiger partial charge in [-0.1, -0.05) is 61.4 Å². The molecule has 0 spiro atoms. The molecule has 3 heterocycles. The summed E-state index contributed by atoms with van der Waals surface area (Å²) >= 11 is 12.4. The molecule has 1 saturated heterocycles. The van der Waals surface area contributed by atoms with Gasteiger partial charge in [0.05, 0.1) is 11.5 Å². The number of nitrogens with zero attached hydrogens (tertiary/aromatic N) is 4. The van der Waals surface area contributed by atoms with Crippen LogP contribution in [0.15, 0.2) is 43.0 Å². The van der Waals surface area contributed by atoms with Crippen LogP contribution >= 0.6 is 23.2 Å². The van der Waals surface area contributed by atoms with Crippen LogP contribution in [0.2, 0.25) is 10.0 Å². The topological polar surface area (TPSA) is 131 Å². The van der Waals surface area contributed by atoms with E-state index in [1.165, 1.54) is 6.42 Å². The predicted octanol–water partition coefficient (Wildman–Crippen LogP) is 4.64. The van der Waals surface area contributed by atoms with Crippen LogP contribution in [0.4, 0.5) is 11.8 Å². The lowest BCUT2D eigenvalue weighted by molar-refractivity contribution is -0.122. The maximum absolute atomic E-state index is 13.5. The van der Waals surface area contributed by atoms with Crippen LogP contribution in [-0.4, -0.2) is 57.4 Å². The van der Waals surface area contributed by atoms with E-state index in [-0.39, 0.29) is 30.0 Å². The normalized spacial score (nSPS) is 19.7. The average molecular weight is 607 g/mol. The van der Waals surface area contributed by atoms with E-state index in [1.807, 2.05) is 0 Å². The Kier molecular flexibility index (Phi) is 9.12. The molecule has 1 aromatic carbocycles. The van der Waals surface area contributed by atoms with Gasteiger partial charge in [0.2, 0.25) is 11.9 Å². The van der Waals surface area contributed by atoms with Crippen molar-refractivity contribution in [3.05, 3.63) is 58.6 Å². The van der Waals surface area contributed by atoms with Crippen LogP contribution in [0, 0.1) is 5.92 Å². The lowest BCUT2D eigenvalue weighted by Crippen LogP contribution is -2.41. The number of anilines is 2. The zero-order valence-electron chi connectivity index (χ0n) is 22.0. The van der Waals surface area contributed by atoms with Gasteiger partial charge in [-0.25, -0.2) is 13.4 Å². The second-order valence-electron chi connectivity index (χ2n) is 10.5. The molecule has 2 atom stereocenters. The summed E-state index contributed by atoms with van der Waals surface area (Å²) in [6.45, 7) is 0.269. The number of benzene rings is 1. The highest BCUT2D eigenvalue weighted by Gasteiger charge is 2.29. The first-order chi connectivity index (χ1) is 19.2. The molecule has 1 aliphatic carbocycles. The number of hydrogen-bond acceptors (Lipinski definition) is 8. The number of carbonyl (C=O) groups is 1. The third kappa shape index (κ3) is 7.64. The number of imidazole rings is 1. The van der Waals surface area contributed by atoms with Gasteiger partial charge < -0.3 is 16.0 Å². The summed E-state index contributed by atoms with van der Waals surface area (Å²) in [6, 6.07) is 6.15. The fourth-order valence-corrected chi connectivity index (χ4v) is 7.48. The van der Waals surface area contributed by atoms with E-state index in [4.69, 9.17) is 23.2 Å². The standard InChI is InChI=1S/C27H33Cl2N7O3S/c28-20-7-6-19(22(29)13-20)15-31-26(37)23(12-18-4-2-1-3-5-18)33-24-14-25(36-10-9-30-17-36)35-27(34-24)32-21-8-11-40(38,39)16-21/h6-7,9-10,13-14,17-18,21,23H,1-5,8,11-12,15-16H2,(H,31,37)(H2,32,33,34,35)/t21?,23-/m1/s1. The molecule has 0 bridgehead atoms. The Morgan fingerprint density at radius 2 is 1.93 bits per heavy atom. The number of aromatic nitrogens is 4. The van der Waals surface area contributed by atoms with E-state index in [0.717, 1.165) is 31.2 Å². The van der Waals surface area contributed by atoms with Crippen LogP contribution in [0.25, 0.3) is 5.82 Å². The quantitative estimate of drug-likeness (QED) is 0.305. The maximum Gasteiger partial charge on any atom is 0.242 e. The molecule has 2 aliphatic rings. The van der Waals surface area contributed by atoms with Crippen LogP contribution in [0.5, 0.6) is 0 Å². The molecule has 1 aliphatic heterocycles. The molecule has 1 unspecified atom stereocenters. The van der Waals surface area contributed by atoms with Gasteiger partial charge in [0.15, 0.2) is 9.84 Å². The Bertz CT molecular complexity index is 1430. The van der Waals surface area contributed by atoms with Crippen LogP contribution in [0.1, 0.15) is 50.5 Å². The van der Waals surface area contributed by atoms with Crippen molar-refractivity contribution in [3.63, 3.8) is 0 Å². The Morgan fingerprint density at radius 3 is 2.62 bits per heavy atom. The second-order valence-corrected chi connectivity index (χ2v) is 13.6. The first kappa shape index (κ1) is 28.6. The predicted molar refractivity (Wildman–Crippen MR) is 157 cm³/mol. The smallest absolute Gasteiger partial charge is 0.242 e. The molecule has 5 rings (SSSR count). The molecular weight excluding hydrogens is 573 g/mol. The monoisotopic (exact) mass is 605 g/mol. The van der Waals surface area contributed by atoms with Gasteiger partial charge in [0, 0.05) is 41.1 Å². The molecule has 10 nitrogen and oxygen atoms in total. The van der Waals surface area contributed by atoms with Crippen molar-refractivity contribution in [3.8, 4) is 5.82 Å². The van der Waals surface area contributed by atoms with Gasteiger partial charge in [-0.15, -0.1) is 0 Å². The van der Waals surface area contributed by atoms with E-state index in [0.29, 0.717) is 46.4 Å². The number of carbonyl (C=O) groups excluding carboxylic acids is 1. The molecule has 2 fully saturated rings. The first-order valence-electron chi connectivity index (χ1n) is 13.6. The Labute approximate surface area is 244 Å². The van der Waals surface area contributed by atoms with E-state index < -0.39 is 15.9 Å². The van der Waals surface area contributed by atoms with Gasteiger partial charge in [0.1, 0.15) is 24.0 Å². The molecule has 2 aromatic heterocycles. The van der Waals surface area contributed by atoms with Crippen molar-refractivity contribution < 1.29 is 13.2 Å². The van der Waals surface area contributed by atoms with Crippen molar-refractivity contribution in [2.45, 2.75) is 63.6 Å². The molecular formula is C27H33Cl2N7O3S. The minimum Gasteiger partial charge on any atom is -0.358 e. The number of hydrogen-bond donors (Lipinski definition) is 3. The van der Waals surface area contributed by atoms with Gasteiger partial charge in [-0.2, -0.15) is 9.97 Å². The summed E-state index contributed by atoms with van der Waals surface area (Å²) in [5.74, 6) is 1.74. The lowest BCUT2D eigenvalue weighted by atomic mass is 9.84. The molecule has 1 amide bonds. The zero-order chi connectivity index (χ0) is 28.1. The molecule has 214 valence electrons. The highest BCUT2D eigenvalue weighted by Crippen LogP contribution is 2.29. The molecule has 13 heteroatoms. The summed E-state index contributed by atoms with van der Waals surface area (Å²) in [5, 5.41) is 10.6. The lowest BCUT2D eigenvalue weighted by Gasteiger charge is -2.27. The Balaban J connectivity index is 1.37. The van der Waals surface area contributed by atoms with Crippen molar-refractivity contribution >= 4 is 50.7 Å². The summed E-state index contributed by atoms with van der Waals surface area (Å²) < 4.78 is 25.7. The minimum absolute atomic E-state index is 0.0361. The zero-order valence-corrected chi connectivity index (χ0v) is 24.4. The SMILES string of the molecule is O=C(NCc1ccc(Cl)cc1Cl)[C@@H](CC1CCCCC1)Nc1cc(-n2ccnc2)nc(NC2CCS(=O)(=O)C2)n1. The number of nitrogens with one attached hydrogen (secondary N) is 3. The Hall–Kier alpha value is -2.89. The average Bonchev–Trinajstić information content (AvgIpc) is 3.58. The molecule has 40 heavy (non-hydrogen) atoms. The number of halogens is 2. The van der Waals surface area contributed by atoms with E-state index in [9.17, 15) is 13.2 Å². The summed E-state index contributed by atoms with van der Waals surface area (Å²) in [6.07, 6.45) is 11.9. The molecule has 3 N–H and O–H groups in total. The molecule has 3 aromatic rings. The van der Waals surface area contributed by atoms with Crippen molar-refractivity contribution in [2.24, 2.45) is 5.92 Å². The van der Waals surface area contributed by atoms with Crippen LogP contribution < -0.4 is 16.0 Å². The molecule has 1 saturated carbocycles. The van der Waals surface area contributed by atoms with E-state index in [2.05, 4.69) is 30.9 Å². The number of sulfone groups is 1. The summed E-state index contributed by atoms with van der Waals surface area (Å²) in [7, 11) is -3.08. The highest BCUT2D eigenvalue weighted by atomic mass is 35.5. The third-order valence-corrected chi connectivity index (χ3v) is 9.80. The highest BCUT2D eigenvalue weighted by molar-refractivity contribution is 7.91. The third-order valence-electron chi connectivity index (χ3n) is 7.45. The summed E-state index contributed by atoms with van der Waals surface area (Å²) in [5.41, 5.74) is 0.776. The minimum atomic E-state index is -3.08. The van der Waals surface area contributed by atoms with Gasteiger partial charge in [-0.05, 0) is 36.5 Å². The first-order valence-corrected chi connectivity index (χ1v) is 16.1. The largest absolute Gasteiger partial charge is 0.358 e. The summed E-state index contributed by atoms with van der Waals surface area (Å²) in [4.78, 5) is 26.9. The number of amides is 1. The second kappa shape index (κ2) is 12.7. The van der Waals surface area contributed by atoms with Crippen molar-refractivity contribution in [1.82, 2.24) is 24.8 Å². The van der Waals surface area contributed by atoms with Crippen LogP contribution in [-0.2, 0) is 21.2 Å². The Morgan fingerprint density at radius 1 is 1.10 bits per heavy atom. The van der Waals surface area contributed by atoms with Gasteiger partial charge >= 0.3 is 0 Å². The van der Waals surface area contributed by atoms with E-state index >= 15 is 0 Å². The molecule has 0 radical (unpaired) electrons. The fraction of sp³-hybridized carbons (Fsp3) is 0.481. The fourth-order valence-electron chi connectivity index (χ4n) is 5.33. The van der Waals surface area contributed by atoms with Crippen molar-refractivity contribution in [2.75, 3.05) is 22.1 Å². The van der Waals surface area contributed by atoms with Crippen molar-refractivity contribution in [1.29, 1.82) is 0 Å². The number of rotatable bonds is 10. The maximum atomic E-state index is 13.5. The van der Waals surface area contributed by atoms with Crippen LogP contribution in [0.3, 0.4) is 0 Å². The van der Waals surface area contributed by atoms with E-state index in [1.54, 1.807) is 47.6 Å². The van der Waals surface area contributed by atoms with Gasteiger partial charge in [-0.3, -0.25) is 9.36 Å².